The Labute approximate surface area is 150 Å². The maximum absolute atomic E-state index is 3.33. The topological polar surface area (TPSA) is 17.6 Å². The van der Waals surface area contributed by atoms with Crippen LogP contribution in [0.25, 0.3) is 0 Å². The van der Waals surface area contributed by atoms with E-state index in [0.29, 0.717) is 0 Å². The molecule has 0 atom stereocenters. The zero-order valence-electron chi connectivity index (χ0n) is 14.2. The molecule has 112 valence electrons. The Hall–Kier alpha value is -0.503. The van der Waals surface area contributed by atoms with Crippen molar-refractivity contribution in [2.24, 2.45) is 0 Å². The molecule has 0 aliphatic carbocycles. The minimum atomic E-state index is 0. The molecule has 0 amide bonds. The Morgan fingerprint density at radius 1 is 0.810 bits per heavy atom. The predicted octanol–water partition coefficient (Wildman–Crippen LogP) is -4.51. The van der Waals surface area contributed by atoms with Crippen molar-refractivity contribution < 1.29 is 45.0 Å². The molecule has 2 heterocycles. The average molecular weight is 347 g/mol. The van der Waals surface area contributed by atoms with Gasteiger partial charge < -0.3 is 35.2 Å². The summed E-state index contributed by atoms with van der Waals surface area (Å²) in [4.78, 5) is 0. The molecule has 0 N–H and O–H groups in total. The number of rotatable bonds is 2. The van der Waals surface area contributed by atoms with E-state index in [-0.39, 0.29) is 46.9 Å². The van der Waals surface area contributed by atoms with Gasteiger partial charge in [-0.15, -0.1) is 0 Å². The van der Waals surface area contributed by atoms with Gasteiger partial charge in [0.05, 0.1) is 11.1 Å². The number of halogens is 1. The summed E-state index contributed by atoms with van der Waals surface area (Å²) in [5, 5.41) is 0. The first-order chi connectivity index (χ1) is 8.66. The van der Waals surface area contributed by atoms with E-state index in [4.69, 9.17) is 0 Å². The largest absolute Gasteiger partial charge is 1.00 e. The minimum Gasteiger partial charge on any atom is -1.00 e. The summed E-state index contributed by atoms with van der Waals surface area (Å²) in [5.74, 6) is 0. The van der Waals surface area contributed by atoms with Gasteiger partial charge in [-0.05, 0) is 66.3 Å². The van der Waals surface area contributed by atoms with Crippen molar-refractivity contribution >= 4 is 0 Å². The van der Waals surface area contributed by atoms with Gasteiger partial charge in [0.2, 0.25) is 12.7 Å². The van der Waals surface area contributed by atoms with E-state index < -0.39 is 0 Å². The number of nitrogens with zero attached hydrogens (tertiary/aromatic N) is 4. The van der Waals surface area contributed by atoms with Crippen LogP contribution in [-0.2, 0) is 17.7 Å². The summed E-state index contributed by atoms with van der Waals surface area (Å²) < 4.78 is 8.26. The Morgan fingerprint density at radius 2 is 1.14 bits per heavy atom. The second-order valence-electron chi connectivity index (χ2n) is 6.96. The van der Waals surface area contributed by atoms with Gasteiger partial charge >= 0.3 is 18.9 Å². The first-order valence-electron chi connectivity index (χ1n) is 6.67. The summed E-state index contributed by atoms with van der Waals surface area (Å²) in [6.45, 7) is 13.7. The molecule has 0 aliphatic heterocycles. The normalized spacial score (nSPS) is 11.7. The van der Waals surface area contributed by atoms with E-state index >= 15 is 0 Å². The molecule has 2 rings (SSSR count). The third-order valence-electron chi connectivity index (χ3n) is 3.01. The van der Waals surface area contributed by atoms with Crippen LogP contribution in [0.5, 0.6) is 0 Å². The smallest absolute Gasteiger partial charge is 1.00 e. The molecule has 2 aromatic heterocycles. The molecule has 0 aliphatic rings. The van der Waals surface area contributed by atoms with Gasteiger partial charge in [0.25, 0.3) is 0 Å². The van der Waals surface area contributed by atoms with Gasteiger partial charge in [0, 0.05) is 0 Å². The van der Waals surface area contributed by atoms with Gasteiger partial charge in [-0.25, -0.2) is 0 Å². The summed E-state index contributed by atoms with van der Waals surface area (Å²) in [6.07, 6.45) is 14.9. The Morgan fingerprint density at radius 3 is 1.38 bits per heavy atom. The van der Waals surface area contributed by atoms with Gasteiger partial charge in [0.15, 0.2) is 6.67 Å². The van der Waals surface area contributed by atoms with Crippen molar-refractivity contribution in [3.63, 3.8) is 0 Å². The molecule has 21 heavy (non-hydrogen) atoms. The van der Waals surface area contributed by atoms with Crippen LogP contribution in [0.15, 0.2) is 24.8 Å². The second kappa shape index (κ2) is 7.17. The molecule has 0 radical (unpaired) electrons. The van der Waals surface area contributed by atoms with E-state index in [9.17, 15) is 0 Å². The second-order valence-corrected chi connectivity index (χ2v) is 6.96. The van der Waals surface area contributed by atoms with Crippen LogP contribution in [0.1, 0.15) is 41.5 Å². The fraction of sp³-hybridized carbons (Fsp3) is 0.600. The van der Waals surface area contributed by atoms with Crippen molar-refractivity contribution in [1.29, 1.82) is 0 Å². The molecule has 0 saturated carbocycles. The van der Waals surface area contributed by atoms with Crippen LogP contribution >= 0.6 is 0 Å². The van der Waals surface area contributed by atoms with Crippen LogP contribution in [0.2, 0.25) is 0 Å². The monoisotopic (exact) mass is 346 g/mol. The van der Waals surface area contributed by atoms with Gasteiger partial charge in [-0.2, -0.15) is 0 Å². The number of hydrogen-bond acceptors (Lipinski definition) is 0. The Kier molecular flexibility index (Phi) is 7.00. The molecular weight excluding hydrogens is 323 g/mol. The minimum absolute atomic E-state index is 0. The SMILES string of the molecule is CC(C)(C)[n+]1[c-]n(Cn2[c-][n+](C(C)(C)C)cc2)cc1.[Br-].[Li+]. The fourth-order valence-corrected chi connectivity index (χ4v) is 1.77. The summed E-state index contributed by atoms with van der Waals surface area (Å²) in [6, 6.07) is 0. The molecular formula is C15H24BrLiN4. The van der Waals surface area contributed by atoms with Gasteiger partial charge in [-0.3, -0.25) is 0 Å². The summed E-state index contributed by atoms with van der Waals surface area (Å²) in [7, 11) is 0. The van der Waals surface area contributed by atoms with E-state index in [1.807, 2.05) is 21.5 Å². The molecule has 0 saturated heterocycles. The first-order valence-corrected chi connectivity index (χ1v) is 6.67. The van der Waals surface area contributed by atoms with Crippen LogP contribution < -0.4 is 45.0 Å². The van der Waals surface area contributed by atoms with Crippen LogP contribution in [0.4, 0.5) is 0 Å². The van der Waals surface area contributed by atoms with E-state index in [0.717, 1.165) is 6.67 Å². The van der Waals surface area contributed by atoms with E-state index in [1.165, 1.54) is 0 Å². The van der Waals surface area contributed by atoms with E-state index in [1.54, 1.807) is 0 Å². The van der Waals surface area contributed by atoms with Gasteiger partial charge in [-0.1, -0.05) is 0 Å². The molecule has 0 fully saturated rings. The summed E-state index contributed by atoms with van der Waals surface area (Å²) in [5.41, 5.74) is 0.133. The average Bonchev–Trinajstić information content (AvgIpc) is 2.84. The predicted molar refractivity (Wildman–Crippen MR) is 72.3 cm³/mol. The molecule has 2 aromatic rings. The quantitative estimate of drug-likeness (QED) is 0.296. The third-order valence-corrected chi connectivity index (χ3v) is 3.01. The molecule has 0 unspecified atom stereocenters. The maximum Gasteiger partial charge on any atom is 1.00 e. The van der Waals surface area contributed by atoms with Crippen LogP contribution in [-0.4, -0.2) is 9.13 Å². The Balaban J connectivity index is 0.00000200. The van der Waals surface area contributed by atoms with Crippen molar-refractivity contribution in [3.8, 4) is 0 Å². The zero-order valence-corrected chi connectivity index (χ0v) is 15.8. The molecule has 4 nitrogen and oxygen atoms in total. The van der Waals surface area contributed by atoms with Crippen molar-refractivity contribution in [1.82, 2.24) is 9.13 Å². The molecule has 0 aromatic carbocycles. The third kappa shape index (κ3) is 5.32. The van der Waals surface area contributed by atoms with E-state index in [2.05, 4.69) is 75.7 Å². The number of hydrogen-bond donors (Lipinski definition) is 0. The zero-order chi connectivity index (χ0) is 14.3. The van der Waals surface area contributed by atoms with Crippen molar-refractivity contribution in [2.75, 3.05) is 0 Å². The van der Waals surface area contributed by atoms with Crippen molar-refractivity contribution in [2.45, 2.75) is 59.3 Å². The van der Waals surface area contributed by atoms with Gasteiger partial charge in [0.1, 0.15) is 0 Å². The fourth-order valence-electron chi connectivity index (χ4n) is 1.77. The van der Waals surface area contributed by atoms with Crippen molar-refractivity contribution in [3.05, 3.63) is 37.4 Å². The Bertz CT molecular complexity index is 510. The molecule has 6 heteroatoms. The number of aromatic nitrogens is 4. The maximum atomic E-state index is 3.33. The summed E-state index contributed by atoms with van der Waals surface area (Å²) >= 11 is 0. The number of imidazole rings is 2. The van der Waals surface area contributed by atoms with Crippen LogP contribution in [0, 0.1) is 12.7 Å². The van der Waals surface area contributed by atoms with Crippen LogP contribution in [0.3, 0.4) is 0 Å². The first kappa shape index (κ1) is 20.5. The standard InChI is InChI=1S/C15H24N4.BrH.Li/c1-14(2,3)18-9-7-16(12-18)11-17-8-10-19(13-17)15(4,5)6;;/h7-10H,11H2,1-6H3;1H;/q;;+1/p-1. The molecule has 0 spiro atoms. The molecule has 0 bridgehead atoms.